The van der Waals surface area contributed by atoms with Crippen LogP contribution in [0.25, 0.3) is 6.08 Å². The summed E-state index contributed by atoms with van der Waals surface area (Å²) < 4.78 is 19.9. The topological polar surface area (TPSA) is 58.6 Å². The fourth-order valence-corrected chi connectivity index (χ4v) is 3.96. The van der Waals surface area contributed by atoms with Crippen molar-refractivity contribution >= 4 is 40.6 Å². The Morgan fingerprint density at radius 2 is 1.81 bits per heavy atom. The standard InChI is InChI=1S/C25H20FIN2O3/c1-16-5-7-17(8-6-16)14-29-24(30)22(28-25(29)31)13-18-9-10-23(21(27)12-18)32-15-19-3-2-4-20(26)11-19/h2-13H,14-15H2,1H3,(H,28,31)/b22-13+. The van der Waals surface area contributed by atoms with Gasteiger partial charge in [-0.3, -0.25) is 9.69 Å². The predicted molar refractivity (Wildman–Crippen MR) is 128 cm³/mol. The lowest BCUT2D eigenvalue weighted by molar-refractivity contribution is -0.123. The molecule has 1 fully saturated rings. The zero-order valence-corrected chi connectivity index (χ0v) is 19.4. The third-order valence-electron chi connectivity index (χ3n) is 4.97. The van der Waals surface area contributed by atoms with Crippen molar-refractivity contribution in [3.63, 3.8) is 0 Å². The molecule has 4 rings (SSSR count). The highest BCUT2D eigenvalue weighted by Crippen LogP contribution is 2.25. The molecule has 3 amide bonds. The minimum Gasteiger partial charge on any atom is -0.488 e. The van der Waals surface area contributed by atoms with Crippen LogP contribution in [0.2, 0.25) is 0 Å². The van der Waals surface area contributed by atoms with Gasteiger partial charge in [-0.1, -0.05) is 48.0 Å². The Kier molecular flexibility index (Phi) is 6.55. The SMILES string of the molecule is Cc1ccc(CN2C(=O)N/C(=C/c3ccc(OCc4cccc(F)c4)c(I)c3)C2=O)cc1. The first-order valence-corrected chi connectivity index (χ1v) is 11.0. The molecule has 0 saturated carbocycles. The molecule has 32 heavy (non-hydrogen) atoms. The summed E-state index contributed by atoms with van der Waals surface area (Å²) in [6.45, 7) is 2.45. The maximum absolute atomic E-state index is 13.3. The molecule has 1 heterocycles. The smallest absolute Gasteiger partial charge is 0.329 e. The molecule has 7 heteroatoms. The maximum atomic E-state index is 13.3. The summed E-state index contributed by atoms with van der Waals surface area (Å²) in [5.41, 5.74) is 3.72. The summed E-state index contributed by atoms with van der Waals surface area (Å²) in [5.74, 6) is -0.0146. The van der Waals surface area contributed by atoms with Crippen LogP contribution in [0, 0.1) is 16.3 Å². The van der Waals surface area contributed by atoms with Crippen molar-refractivity contribution in [2.24, 2.45) is 0 Å². The summed E-state index contributed by atoms with van der Waals surface area (Å²) >= 11 is 2.14. The van der Waals surface area contributed by atoms with E-state index in [4.69, 9.17) is 4.74 Å². The van der Waals surface area contributed by atoms with Crippen LogP contribution in [-0.4, -0.2) is 16.8 Å². The molecular formula is C25H20FIN2O3. The van der Waals surface area contributed by atoms with Crippen molar-refractivity contribution in [2.75, 3.05) is 0 Å². The Hall–Kier alpha value is -3.20. The average molecular weight is 542 g/mol. The number of aryl methyl sites for hydroxylation is 1. The van der Waals surface area contributed by atoms with Gasteiger partial charge >= 0.3 is 6.03 Å². The molecule has 0 spiro atoms. The van der Waals surface area contributed by atoms with Gasteiger partial charge in [0.15, 0.2) is 0 Å². The van der Waals surface area contributed by atoms with Gasteiger partial charge in [-0.15, -0.1) is 0 Å². The Morgan fingerprint density at radius 1 is 1.03 bits per heavy atom. The van der Waals surface area contributed by atoms with Crippen molar-refractivity contribution < 1.29 is 18.7 Å². The molecule has 1 aliphatic rings. The quantitative estimate of drug-likeness (QED) is 0.258. The van der Waals surface area contributed by atoms with E-state index in [2.05, 4.69) is 27.9 Å². The third kappa shape index (κ3) is 5.16. The third-order valence-corrected chi connectivity index (χ3v) is 5.82. The van der Waals surface area contributed by atoms with E-state index in [1.807, 2.05) is 37.3 Å². The number of benzene rings is 3. The van der Waals surface area contributed by atoms with Crippen LogP contribution in [0.1, 0.15) is 22.3 Å². The van der Waals surface area contributed by atoms with Gasteiger partial charge in [0.2, 0.25) is 0 Å². The van der Waals surface area contributed by atoms with Gasteiger partial charge in [-0.2, -0.15) is 0 Å². The summed E-state index contributed by atoms with van der Waals surface area (Å²) in [4.78, 5) is 26.3. The van der Waals surface area contributed by atoms with Crippen LogP contribution >= 0.6 is 22.6 Å². The molecular weight excluding hydrogens is 522 g/mol. The van der Waals surface area contributed by atoms with Crippen LogP contribution in [0.4, 0.5) is 9.18 Å². The first-order chi connectivity index (χ1) is 15.4. The van der Waals surface area contributed by atoms with E-state index in [0.717, 1.165) is 25.8 Å². The molecule has 5 nitrogen and oxygen atoms in total. The minimum absolute atomic E-state index is 0.215. The molecule has 0 bridgehead atoms. The second-order valence-electron chi connectivity index (χ2n) is 7.47. The molecule has 1 N–H and O–H groups in total. The molecule has 1 saturated heterocycles. The number of halogens is 2. The number of imide groups is 1. The number of amides is 3. The minimum atomic E-state index is -0.438. The lowest BCUT2D eigenvalue weighted by Crippen LogP contribution is -2.30. The van der Waals surface area contributed by atoms with Gasteiger partial charge < -0.3 is 10.1 Å². The zero-order chi connectivity index (χ0) is 22.7. The summed E-state index contributed by atoms with van der Waals surface area (Å²) in [6.07, 6.45) is 1.65. The highest BCUT2D eigenvalue weighted by Gasteiger charge is 2.33. The Bertz CT molecular complexity index is 1210. The number of urea groups is 1. The number of hydrogen-bond acceptors (Lipinski definition) is 3. The molecule has 3 aromatic carbocycles. The van der Waals surface area contributed by atoms with Gasteiger partial charge in [0.25, 0.3) is 5.91 Å². The Balaban J connectivity index is 1.45. The molecule has 162 valence electrons. The zero-order valence-electron chi connectivity index (χ0n) is 17.3. The normalized spacial score (nSPS) is 14.7. The van der Waals surface area contributed by atoms with Gasteiger partial charge in [0.05, 0.1) is 10.1 Å². The molecule has 1 aliphatic heterocycles. The lowest BCUT2D eigenvalue weighted by atomic mass is 10.1. The van der Waals surface area contributed by atoms with E-state index in [-0.39, 0.29) is 30.6 Å². The van der Waals surface area contributed by atoms with Gasteiger partial charge in [-0.05, 0) is 76.5 Å². The number of hydrogen-bond donors (Lipinski definition) is 1. The molecule has 0 unspecified atom stereocenters. The van der Waals surface area contributed by atoms with Crippen LogP contribution in [0.15, 0.2) is 72.4 Å². The highest BCUT2D eigenvalue weighted by molar-refractivity contribution is 14.1. The van der Waals surface area contributed by atoms with Gasteiger partial charge in [0, 0.05) is 0 Å². The second-order valence-corrected chi connectivity index (χ2v) is 8.64. The molecule has 0 aliphatic carbocycles. The lowest BCUT2D eigenvalue weighted by Gasteiger charge is -2.12. The predicted octanol–water partition coefficient (Wildman–Crippen LogP) is 5.41. The second kappa shape index (κ2) is 9.52. The van der Waals surface area contributed by atoms with Gasteiger partial charge in [0.1, 0.15) is 23.9 Å². The summed E-state index contributed by atoms with van der Waals surface area (Å²) in [6, 6.07) is 19.0. The monoisotopic (exact) mass is 542 g/mol. The number of ether oxygens (including phenoxy) is 1. The number of nitrogens with zero attached hydrogens (tertiary/aromatic N) is 1. The molecule has 0 atom stereocenters. The molecule has 0 aromatic heterocycles. The number of nitrogens with one attached hydrogen (secondary N) is 1. The van der Waals surface area contributed by atoms with Crippen LogP contribution in [0.5, 0.6) is 5.75 Å². The van der Waals surface area contributed by atoms with E-state index in [9.17, 15) is 14.0 Å². The Labute approximate surface area is 199 Å². The van der Waals surface area contributed by atoms with E-state index >= 15 is 0 Å². The summed E-state index contributed by atoms with van der Waals surface area (Å²) in [5, 5.41) is 2.65. The van der Waals surface area contributed by atoms with Crippen molar-refractivity contribution in [3.8, 4) is 5.75 Å². The van der Waals surface area contributed by atoms with Crippen LogP contribution in [-0.2, 0) is 17.9 Å². The number of carbonyl (C=O) groups is 2. The van der Waals surface area contributed by atoms with E-state index in [1.165, 1.54) is 17.0 Å². The Morgan fingerprint density at radius 3 is 2.53 bits per heavy atom. The largest absolute Gasteiger partial charge is 0.488 e. The van der Waals surface area contributed by atoms with Crippen molar-refractivity contribution in [1.29, 1.82) is 0 Å². The number of carbonyl (C=O) groups excluding carboxylic acids is 2. The highest BCUT2D eigenvalue weighted by atomic mass is 127. The first kappa shape index (κ1) is 22.0. The fourth-order valence-electron chi connectivity index (χ4n) is 3.27. The van der Waals surface area contributed by atoms with E-state index in [0.29, 0.717) is 5.75 Å². The van der Waals surface area contributed by atoms with E-state index < -0.39 is 6.03 Å². The molecule has 3 aromatic rings. The number of rotatable bonds is 6. The van der Waals surface area contributed by atoms with Crippen molar-refractivity contribution in [1.82, 2.24) is 10.2 Å². The maximum Gasteiger partial charge on any atom is 0.329 e. The van der Waals surface area contributed by atoms with Crippen molar-refractivity contribution in [2.45, 2.75) is 20.1 Å². The molecule has 0 radical (unpaired) electrons. The fraction of sp³-hybridized carbons (Fsp3) is 0.120. The van der Waals surface area contributed by atoms with Crippen molar-refractivity contribution in [3.05, 3.63) is 104 Å². The summed E-state index contributed by atoms with van der Waals surface area (Å²) in [7, 11) is 0. The van der Waals surface area contributed by atoms with Crippen LogP contribution < -0.4 is 10.1 Å². The van der Waals surface area contributed by atoms with Gasteiger partial charge in [-0.25, -0.2) is 9.18 Å². The van der Waals surface area contributed by atoms with Crippen LogP contribution in [0.3, 0.4) is 0 Å². The van der Waals surface area contributed by atoms with E-state index in [1.54, 1.807) is 30.3 Å². The average Bonchev–Trinajstić information content (AvgIpc) is 3.02. The first-order valence-electron chi connectivity index (χ1n) is 9.96.